The van der Waals surface area contributed by atoms with Crippen LogP contribution in [0, 0.1) is 0 Å². The van der Waals surface area contributed by atoms with Crippen LogP contribution in [0.1, 0.15) is 29.3 Å². The molecule has 4 nitrogen and oxygen atoms in total. The number of piperazine rings is 1. The van der Waals surface area contributed by atoms with Crippen LogP contribution in [0.15, 0.2) is 0 Å². The summed E-state index contributed by atoms with van der Waals surface area (Å²) in [5.74, 6) is 0.556. The predicted octanol–water partition coefficient (Wildman–Crippen LogP) is 2.16. The van der Waals surface area contributed by atoms with E-state index >= 15 is 0 Å². The summed E-state index contributed by atoms with van der Waals surface area (Å²) in [5, 5.41) is 0.920. The Balaban J connectivity index is 1.61. The van der Waals surface area contributed by atoms with E-state index in [0.29, 0.717) is 38.6 Å². The zero-order chi connectivity index (χ0) is 15.0. The number of halogens is 3. The Bertz CT molecular complexity index is 490. The van der Waals surface area contributed by atoms with Crippen LogP contribution in [0.5, 0.6) is 0 Å². The summed E-state index contributed by atoms with van der Waals surface area (Å²) >= 11 is 1.60. The minimum absolute atomic E-state index is 0.426. The summed E-state index contributed by atoms with van der Waals surface area (Å²) < 4.78 is 37.1. The minimum atomic E-state index is -4.12. The number of aromatic nitrogens is 1. The number of nitrogens with zero attached hydrogens (tertiary/aromatic N) is 3. The molecule has 3 rings (SSSR count). The van der Waals surface area contributed by atoms with Gasteiger partial charge in [0.15, 0.2) is 5.13 Å². The smallest absolute Gasteiger partial charge is 0.346 e. The van der Waals surface area contributed by atoms with Crippen LogP contribution in [0.25, 0.3) is 0 Å². The Morgan fingerprint density at radius 2 is 1.86 bits per heavy atom. The van der Waals surface area contributed by atoms with Crippen molar-refractivity contribution in [2.75, 3.05) is 37.6 Å². The molecule has 0 aromatic carbocycles. The highest BCUT2D eigenvalue weighted by Gasteiger charge is 2.33. The van der Waals surface area contributed by atoms with Gasteiger partial charge in [-0.05, 0) is 12.8 Å². The predicted molar refractivity (Wildman–Crippen MR) is 76.7 cm³/mol. The molecule has 1 saturated carbocycles. The molecule has 118 valence electrons. The number of anilines is 1. The highest BCUT2D eigenvalue weighted by Crippen LogP contribution is 2.44. The first-order chi connectivity index (χ1) is 9.96. The maximum atomic E-state index is 12.4. The lowest BCUT2D eigenvalue weighted by molar-refractivity contribution is -0.146. The van der Waals surface area contributed by atoms with Gasteiger partial charge >= 0.3 is 6.18 Å². The Morgan fingerprint density at radius 3 is 2.38 bits per heavy atom. The van der Waals surface area contributed by atoms with Crippen molar-refractivity contribution in [3.8, 4) is 0 Å². The van der Waals surface area contributed by atoms with Gasteiger partial charge in [-0.15, -0.1) is 11.3 Å². The van der Waals surface area contributed by atoms with Crippen molar-refractivity contribution in [3.05, 3.63) is 10.6 Å². The summed E-state index contributed by atoms with van der Waals surface area (Å²) in [6, 6.07) is 0. The third kappa shape index (κ3) is 3.67. The van der Waals surface area contributed by atoms with Gasteiger partial charge in [0.2, 0.25) is 0 Å². The van der Waals surface area contributed by atoms with E-state index < -0.39 is 12.7 Å². The van der Waals surface area contributed by atoms with Gasteiger partial charge in [0.05, 0.1) is 12.2 Å². The Labute approximate surface area is 125 Å². The van der Waals surface area contributed by atoms with Crippen LogP contribution < -0.4 is 10.6 Å². The SMILES string of the molecule is NCc1sc(N2CCN(CC(F)(F)F)CC2)nc1C1CC1. The molecule has 0 radical (unpaired) electrons. The lowest BCUT2D eigenvalue weighted by atomic mass is 10.2. The van der Waals surface area contributed by atoms with Crippen molar-refractivity contribution in [2.24, 2.45) is 5.73 Å². The molecule has 2 fully saturated rings. The van der Waals surface area contributed by atoms with E-state index in [1.54, 1.807) is 11.3 Å². The first-order valence-corrected chi connectivity index (χ1v) is 8.01. The van der Waals surface area contributed by atoms with E-state index in [0.717, 1.165) is 15.7 Å². The van der Waals surface area contributed by atoms with Crippen molar-refractivity contribution in [2.45, 2.75) is 31.5 Å². The van der Waals surface area contributed by atoms with Gasteiger partial charge in [0.1, 0.15) is 0 Å². The monoisotopic (exact) mass is 320 g/mol. The summed E-state index contributed by atoms with van der Waals surface area (Å²) in [7, 11) is 0. The fourth-order valence-electron chi connectivity index (χ4n) is 2.66. The second-order valence-corrected chi connectivity index (χ2v) is 6.72. The van der Waals surface area contributed by atoms with Crippen molar-refractivity contribution in [1.29, 1.82) is 0 Å². The van der Waals surface area contributed by atoms with Gasteiger partial charge in [-0.1, -0.05) is 0 Å². The maximum absolute atomic E-state index is 12.4. The van der Waals surface area contributed by atoms with Crippen molar-refractivity contribution in [3.63, 3.8) is 0 Å². The zero-order valence-electron chi connectivity index (χ0n) is 11.7. The molecule has 21 heavy (non-hydrogen) atoms. The molecule has 0 atom stereocenters. The van der Waals surface area contributed by atoms with Gasteiger partial charge in [0, 0.05) is 43.5 Å². The Hall–Kier alpha value is -0.860. The van der Waals surface area contributed by atoms with Crippen molar-refractivity contribution >= 4 is 16.5 Å². The molecule has 1 aromatic rings. The van der Waals surface area contributed by atoms with Crippen LogP contribution in [0.4, 0.5) is 18.3 Å². The minimum Gasteiger partial charge on any atom is -0.346 e. The number of nitrogens with two attached hydrogens (primary N) is 1. The summed E-state index contributed by atoms with van der Waals surface area (Å²) in [6.45, 7) is 1.72. The average Bonchev–Trinajstić information content (AvgIpc) is 3.17. The van der Waals surface area contributed by atoms with E-state index in [-0.39, 0.29) is 0 Å². The van der Waals surface area contributed by atoms with Crippen LogP contribution in [-0.2, 0) is 6.54 Å². The van der Waals surface area contributed by atoms with E-state index in [1.165, 1.54) is 17.7 Å². The Kier molecular flexibility index (Phi) is 4.11. The molecule has 8 heteroatoms. The molecule has 0 amide bonds. The van der Waals surface area contributed by atoms with E-state index in [4.69, 9.17) is 10.7 Å². The molecule has 2 aliphatic rings. The molecule has 1 aromatic heterocycles. The largest absolute Gasteiger partial charge is 0.401 e. The first-order valence-electron chi connectivity index (χ1n) is 7.20. The number of hydrogen-bond donors (Lipinski definition) is 1. The fourth-order valence-corrected chi connectivity index (χ4v) is 3.73. The molecule has 1 aliphatic carbocycles. The highest BCUT2D eigenvalue weighted by molar-refractivity contribution is 7.15. The molecule has 1 saturated heterocycles. The number of rotatable bonds is 4. The van der Waals surface area contributed by atoms with E-state index in [9.17, 15) is 13.2 Å². The van der Waals surface area contributed by atoms with Crippen molar-refractivity contribution in [1.82, 2.24) is 9.88 Å². The fraction of sp³-hybridized carbons (Fsp3) is 0.769. The van der Waals surface area contributed by atoms with Gasteiger partial charge in [-0.2, -0.15) is 13.2 Å². The van der Waals surface area contributed by atoms with Crippen LogP contribution in [0.3, 0.4) is 0 Å². The lowest BCUT2D eigenvalue weighted by Crippen LogP contribution is -2.49. The van der Waals surface area contributed by atoms with Crippen LogP contribution in [-0.4, -0.2) is 48.8 Å². The first kappa shape index (κ1) is 15.1. The number of thiazole rings is 1. The molecular formula is C13H19F3N4S. The molecule has 0 unspecified atom stereocenters. The summed E-state index contributed by atoms with van der Waals surface area (Å²) in [4.78, 5) is 9.36. The molecule has 1 aliphatic heterocycles. The van der Waals surface area contributed by atoms with E-state index in [2.05, 4.69) is 4.90 Å². The van der Waals surface area contributed by atoms with Gasteiger partial charge in [-0.3, -0.25) is 4.90 Å². The van der Waals surface area contributed by atoms with Crippen LogP contribution >= 0.6 is 11.3 Å². The van der Waals surface area contributed by atoms with Gasteiger partial charge < -0.3 is 10.6 Å². The normalized spacial score (nSPS) is 21.0. The second kappa shape index (κ2) is 5.73. The molecule has 0 spiro atoms. The van der Waals surface area contributed by atoms with Gasteiger partial charge in [-0.25, -0.2) is 4.98 Å². The topological polar surface area (TPSA) is 45.4 Å². The second-order valence-electron chi connectivity index (χ2n) is 5.66. The third-order valence-electron chi connectivity index (χ3n) is 3.91. The van der Waals surface area contributed by atoms with Crippen LogP contribution in [0.2, 0.25) is 0 Å². The highest BCUT2D eigenvalue weighted by atomic mass is 32.1. The molecule has 2 N–H and O–H groups in total. The average molecular weight is 320 g/mol. The molecule has 2 heterocycles. The van der Waals surface area contributed by atoms with Crippen molar-refractivity contribution < 1.29 is 13.2 Å². The number of alkyl halides is 3. The third-order valence-corrected chi connectivity index (χ3v) is 5.07. The maximum Gasteiger partial charge on any atom is 0.401 e. The molecular weight excluding hydrogens is 301 g/mol. The van der Waals surface area contributed by atoms with Gasteiger partial charge in [0.25, 0.3) is 0 Å². The zero-order valence-corrected chi connectivity index (χ0v) is 12.5. The van der Waals surface area contributed by atoms with E-state index in [1.807, 2.05) is 0 Å². The Morgan fingerprint density at radius 1 is 1.19 bits per heavy atom. The summed E-state index contributed by atoms with van der Waals surface area (Å²) in [6.07, 6.45) is -1.76. The quantitative estimate of drug-likeness (QED) is 0.923. The summed E-state index contributed by atoms with van der Waals surface area (Å²) in [5.41, 5.74) is 6.89. The lowest BCUT2D eigenvalue weighted by Gasteiger charge is -2.34. The standard InChI is InChI=1S/C13H19F3N4S/c14-13(15,16)8-19-3-5-20(6-4-19)12-18-11(9-1-2-9)10(7-17)21-12/h9H,1-8,17H2. The number of hydrogen-bond acceptors (Lipinski definition) is 5. The molecule has 0 bridgehead atoms.